The Hall–Kier alpha value is -3.14. The molecule has 1 aromatic carbocycles. The molecule has 0 aliphatic heterocycles. The topological polar surface area (TPSA) is 61.8 Å². The second-order valence-electron chi connectivity index (χ2n) is 5.11. The average molecular weight is 312 g/mol. The van der Waals surface area contributed by atoms with Gasteiger partial charge in [-0.15, -0.1) is 6.42 Å². The van der Waals surface area contributed by atoms with Gasteiger partial charge in [-0.3, -0.25) is 9.36 Å². The normalized spacial score (nSPS) is 10.9. The molecule has 3 rings (SSSR count). The van der Waals surface area contributed by atoms with E-state index in [0.29, 0.717) is 11.4 Å². The quantitative estimate of drug-likeness (QED) is 0.660. The summed E-state index contributed by atoms with van der Waals surface area (Å²) in [6, 6.07) is 5.88. The van der Waals surface area contributed by atoms with Crippen LogP contribution in [0.25, 0.3) is 22.6 Å². The van der Waals surface area contributed by atoms with E-state index in [1.54, 1.807) is 23.7 Å². The summed E-state index contributed by atoms with van der Waals surface area (Å²) < 4.78 is 17.2. The maximum atomic E-state index is 13.4. The van der Waals surface area contributed by atoms with Crippen LogP contribution in [-0.4, -0.2) is 18.7 Å². The fraction of sp³-hybridized carbons (Fsp3) is 0.188. The summed E-state index contributed by atoms with van der Waals surface area (Å²) in [4.78, 5) is 29.1. The minimum atomic E-state index is -0.538. The number of aryl methyl sites for hydroxylation is 2. The van der Waals surface area contributed by atoms with Crippen LogP contribution in [0.5, 0.6) is 0 Å². The van der Waals surface area contributed by atoms with Crippen LogP contribution in [0.4, 0.5) is 4.39 Å². The second kappa shape index (κ2) is 5.25. The lowest BCUT2D eigenvalue weighted by Crippen LogP contribution is -2.39. The number of nitrogens with zero attached hydrogens (tertiary/aromatic N) is 4. The van der Waals surface area contributed by atoms with Gasteiger partial charge in [0.2, 0.25) is 0 Å². The first-order valence-corrected chi connectivity index (χ1v) is 6.81. The zero-order valence-electron chi connectivity index (χ0n) is 12.6. The van der Waals surface area contributed by atoms with Gasteiger partial charge in [-0.25, -0.2) is 18.7 Å². The molecule has 6 nitrogen and oxygen atoms in total. The molecule has 2 aromatic heterocycles. The average Bonchev–Trinajstić information content (AvgIpc) is 2.87. The summed E-state index contributed by atoms with van der Waals surface area (Å²) in [5.74, 6) is 2.28. The summed E-state index contributed by atoms with van der Waals surface area (Å²) in [7, 11) is 3.15. The van der Waals surface area contributed by atoms with Crippen LogP contribution < -0.4 is 11.2 Å². The van der Waals surface area contributed by atoms with E-state index in [4.69, 9.17) is 6.42 Å². The lowest BCUT2D eigenvalue weighted by Gasteiger charge is -2.05. The summed E-state index contributed by atoms with van der Waals surface area (Å²) in [6.45, 7) is -0.123. The first-order valence-electron chi connectivity index (χ1n) is 6.81. The van der Waals surface area contributed by atoms with Crippen molar-refractivity contribution in [2.45, 2.75) is 6.54 Å². The van der Waals surface area contributed by atoms with Crippen molar-refractivity contribution in [2.75, 3.05) is 0 Å². The van der Waals surface area contributed by atoms with Crippen molar-refractivity contribution in [1.29, 1.82) is 0 Å². The standard InChI is InChI=1S/C16H13FN4O2/c1-4-8-21-15(22)12-14(20(3)16(21)23)18-13(19(12)2)10-6-5-7-11(17)9-10/h1,5-7,9H,8H2,2-3H3. The first-order chi connectivity index (χ1) is 11.0. The molecule has 23 heavy (non-hydrogen) atoms. The molecule has 0 N–H and O–H groups in total. The van der Waals surface area contributed by atoms with Gasteiger partial charge in [0, 0.05) is 19.7 Å². The molecule has 0 radical (unpaired) electrons. The van der Waals surface area contributed by atoms with Crippen LogP contribution >= 0.6 is 0 Å². The zero-order valence-corrected chi connectivity index (χ0v) is 12.6. The van der Waals surface area contributed by atoms with Crippen LogP contribution in [0.1, 0.15) is 0 Å². The number of hydrogen-bond acceptors (Lipinski definition) is 3. The molecule has 0 amide bonds. The maximum absolute atomic E-state index is 13.4. The van der Waals surface area contributed by atoms with Crippen molar-refractivity contribution in [3.8, 4) is 23.7 Å². The van der Waals surface area contributed by atoms with Gasteiger partial charge < -0.3 is 4.57 Å². The van der Waals surface area contributed by atoms with Crippen LogP contribution in [0.15, 0.2) is 33.9 Å². The largest absolute Gasteiger partial charge is 0.333 e. The van der Waals surface area contributed by atoms with Crippen molar-refractivity contribution in [1.82, 2.24) is 18.7 Å². The Kier molecular flexibility index (Phi) is 3.37. The zero-order chi connectivity index (χ0) is 16.7. The van der Waals surface area contributed by atoms with Crippen LogP contribution in [0.2, 0.25) is 0 Å². The molecule has 2 heterocycles. The Balaban J connectivity index is 2.43. The van der Waals surface area contributed by atoms with Crippen molar-refractivity contribution >= 4 is 11.2 Å². The molecule has 0 saturated heterocycles. The van der Waals surface area contributed by atoms with Crippen molar-refractivity contribution in [3.63, 3.8) is 0 Å². The molecule has 0 saturated carbocycles. The number of benzene rings is 1. The Morgan fingerprint density at radius 1 is 1.26 bits per heavy atom. The summed E-state index contributed by atoms with van der Waals surface area (Å²) in [6.07, 6.45) is 5.22. The first kappa shape index (κ1) is 14.8. The molecular weight excluding hydrogens is 299 g/mol. The summed E-state index contributed by atoms with van der Waals surface area (Å²) in [5, 5.41) is 0. The summed E-state index contributed by atoms with van der Waals surface area (Å²) >= 11 is 0. The minimum absolute atomic E-state index is 0.123. The third-order valence-corrected chi connectivity index (χ3v) is 3.69. The van der Waals surface area contributed by atoms with E-state index in [2.05, 4.69) is 10.9 Å². The van der Waals surface area contributed by atoms with E-state index in [1.807, 2.05) is 0 Å². The number of terminal acetylenes is 1. The van der Waals surface area contributed by atoms with E-state index < -0.39 is 17.1 Å². The van der Waals surface area contributed by atoms with Crippen molar-refractivity contribution in [2.24, 2.45) is 14.1 Å². The van der Waals surface area contributed by atoms with E-state index in [-0.39, 0.29) is 17.7 Å². The number of rotatable bonds is 2. The Morgan fingerprint density at radius 2 is 2.00 bits per heavy atom. The van der Waals surface area contributed by atoms with Gasteiger partial charge in [0.1, 0.15) is 11.6 Å². The smallest absolute Gasteiger partial charge is 0.321 e. The lowest BCUT2D eigenvalue weighted by molar-refractivity contribution is 0.628. The fourth-order valence-corrected chi connectivity index (χ4v) is 2.56. The van der Waals surface area contributed by atoms with E-state index in [9.17, 15) is 14.0 Å². The van der Waals surface area contributed by atoms with Gasteiger partial charge in [-0.05, 0) is 12.1 Å². The number of aromatic nitrogens is 4. The monoisotopic (exact) mass is 312 g/mol. The highest BCUT2D eigenvalue weighted by Crippen LogP contribution is 2.21. The molecule has 0 bridgehead atoms. The van der Waals surface area contributed by atoms with Gasteiger partial charge in [0.25, 0.3) is 5.56 Å². The van der Waals surface area contributed by atoms with Gasteiger partial charge in [0.05, 0.1) is 6.54 Å². The van der Waals surface area contributed by atoms with Crippen molar-refractivity contribution in [3.05, 3.63) is 50.9 Å². The molecule has 0 atom stereocenters. The molecule has 0 unspecified atom stereocenters. The molecule has 0 aliphatic carbocycles. The number of imidazole rings is 1. The molecule has 7 heteroatoms. The third kappa shape index (κ3) is 2.16. The number of fused-ring (bicyclic) bond motifs is 1. The molecule has 3 aromatic rings. The van der Waals surface area contributed by atoms with Crippen LogP contribution in [-0.2, 0) is 20.6 Å². The Bertz CT molecular complexity index is 1080. The highest BCUT2D eigenvalue weighted by molar-refractivity contribution is 5.76. The second-order valence-corrected chi connectivity index (χ2v) is 5.11. The predicted molar refractivity (Wildman–Crippen MR) is 84.4 cm³/mol. The van der Waals surface area contributed by atoms with Crippen LogP contribution in [0.3, 0.4) is 0 Å². The van der Waals surface area contributed by atoms with E-state index in [1.165, 1.54) is 23.7 Å². The molecule has 116 valence electrons. The lowest BCUT2D eigenvalue weighted by atomic mass is 10.2. The molecular formula is C16H13FN4O2. The summed E-state index contributed by atoms with van der Waals surface area (Å²) in [5.41, 5.74) is -0.0706. The SMILES string of the molecule is C#CCn1c(=O)c2c(nc(-c3cccc(F)c3)n2C)n(C)c1=O. The van der Waals surface area contributed by atoms with Crippen LogP contribution in [0, 0.1) is 18.2 Å². The van der Waals surface area contributed by atoms with Gasteiger partial charge >= 0.3 is 5.69 Å². The number of hydrogen-bond donors (Lipinski definition) is 0. The maximum Gasteiger partial charge on any atom is 0.333 e. The predicted octanol–water partition coefficient (Wildman–Crippen LogP) is 0.873. The highest BCUT2D eigenvalue weighted by Gasteiger charge is 2.19. The van der Waals surface area contributed by atoms with Crippen molar-refractivity contribution < 1.29 is 4.39 Å². The minimum Gasteiger partial charge on any atom is -0.321 e. The third-order valence-electron chi connectivity index (χ3n) is 3.69. The number of halogens is 1. The van der Waals surface area contributed by atoms with Gasteiger partial charge in [-0.1, -0.05) is 18.1 Å². The Morgan fingerprint density at radius 3 is 2.65 bits per heavy atom. The molecule has 0 fully saturated rings. The highest BCUT2D eigenvalue weighted by atomic mass is 19.1. The fourth-order valence-electron chi connectivity index (χ4n) is 2.56. The Labute approximate surface area is 130 Å². The van der Waals surface area contributed by atoms with E-state index >= 15 is 0 Å². The van der Waals surface area contributed by atoms with Gasteiger partial charge in [0.15, 0.2) is 11.2 Å². The van der Waals surface area contributed by atoms with Gasteiger partial charge in [-0.2, -0.15) is 0 Å². The molecule has 0 aliphatic rings. The van der Waals surface area contributed by atoms with E-state index in [0.717, 1.165) is 4.57 Å². The molecule has 0 spiro atoms.